The van der Waals surface area contributed by atoms with E-state index in [0.29, 0.717) is 34.0 Å². The van der Waals surface area contributed by atoms with Gasteiger partial charge in [0.1, 0.15) is 40.3 Å². The number of para-hydroxylation sites is 6. The van der Waals surface area contributed by atoms with Gasteiger partial charge in [-0.2, -0.15) is 8.75 Å². The van der Waals surface area contributed by atoms with E-state index >= 15 is 0 Å². The van der Waals surface area contributed by atoms with Crippen LogP contribution in [0.3, 0.4) is 0 Å². The van der Waals surface area contributed by atoms with Gasteiger partial charge in [-0.25, -0.2) is 15.0 Å². The highest BCUT2D eigenvalue weighted by atomic mass is 32.1. The molecule has 0 bridgehead atoms. The predicted molar refractivity (Wildman–Crippen MR) is 274 cm³/mol. The lowest BCUT2D eigenvalue weighted by molar-refractivity contribution is 0.453. The Morgan fingerprint density at radius 2 is 1.12 bits per heavy atom. The molecule has 0 atom stereocenters. The van der Waals surface area contributed by atoms with E-state index in [-0.39, 0.29) is 22.6 Å². The highest BCUT2D eigenvalue weighted by Gasteiger charge is 2.66. The lowest BCUT2D eigenvalue weighted by atomic mass is 9.98. The van der Waals surface area contributed by atoms with Crippen LogP contribution in [0.4, 0.5) is 0 Å². The normalized spacial score (nSPS) is 17.3. The molecule has 0 N–H and O–H groups in total. The van der Waals surface area contributed by atoms with Crippen molar-refractivity contribution in [3.63, 3.8) is 0 Å². The SMILES string of the molecule is [2H]C([2H])([2H])[Si](c1ncns1)(C([2H])([2H])[2H])C1([Si](c2ncns2)(C([2H])([2H])[2H])C([2H])([2H])[2H])c2ccccc2Oc2c1cccc2[Si](c1ccccc1)(c1ccccc1)c1cccc(-n2c3ccccc3n3c4ccccc4nc23)c1. The molecule has 0 unspecified atom stereocenters. The molecule has 5 heterocycles. The predicted octanol–water partition coefficient (Wildman–Crippen LogP) is 8.21. The van der Waals surface area contributed by atoms with Gasteiger partial charge in [0.25, 0.3) is 0 Å². The number of hydrogen-bond acceptors (Lipinski definition) is 8. The first-order chi connectivity index (χ1) is 36.8. The minimum Gasteiger partial charge on any atom is -0.457 e. The summed E-state index contributed by atoms with van der Waals surface area (Å²) in [7, 11) is -16.4. The molecule has 1 aliphatic rings. The molecule has 0 spiro atoms. The molecular formula is C52H43N7OS2Si3. The quantitative estimate of drug-likeness (QED) is 0.107. The Bertz CT molecular complexity index is 3880. The zero-order valence-corrected chi connectivity index (χ0v) is 38.9. The highest BCUT2D eigenvalue weighted by molar-refractivity contribution is 7.30. The maximum absolute atomic E-state index is 9.90. The van der Waals surface area contributed by atoms with Crippen molar-refractivity contribution in [3.05, 3.63) is 200 Å². The first-order valence-corrected chi connectivity index (χ1v) is 28.4. The Balaban J connectivity index is 1.31. The maximum atomic E-state index is 9.90. The van der Waals surface area contributed by atoms with Crippen LogP contribution >= 0.6 is 23.1 Å². The standard InChI is InChI=1S/C52H43N7OS2Si3/c1-63(2,50-53-34-55-61-50)52(64(3,4)51-54-35-56-62-51)40-25-11-16-31-46(40)60-48-41(52)26-18-32-47(48)65(37-20-7-5-8-21-37,38-22-9-6-10-23-38)39-24-17-19-36(33-39)58-44-29-14-15-30-45(44)59-43-28-13-12-27-42(43)57-49(58)59/h5-35H,1-4H3/i1D3,2D3,3D3,4D3. The monoisotopic (exact) mass is 941 g/mol. The third kappa shape index (κ3) is 5.53. The fourth-order valence-corrected chi connectivity index (χ4v) is 25.2. The summed E-state index contributed by atoms with van der Waals surface area (Å²) in [6.45, 7) is -14.6. The largest absolute Gasteiger partial charge is 0.457 e. The van der Waals surface area contributed by atoms with Crippen molar-refractivity contribution in [2.75, 3.05) is 0 Å². The van der Waals surface area contributed by atoms with Crippen molar-refractivity contribution in [1.29, 1.82) is 0 Å². The van der Waals surface area contributed by atoms with Crippen LogP contribution < -0.4 is 34.7 Å². The van der Waals surface area contributed by atoms with Crippen LogP contribution in [0.5, 0.6) is 11.5 Å². The minimum atomic E-state index is -6.17. The van der Waals surface area contributed by atoms with Gasteiger partial charge >= 0.3 is 0 Å². The lowest BCUT2D eigenvalue weighted by Gasteiger charge is -2.55. The van der Waals surface area contributed by atoms with Crippen molar-refractivity contribution in [3.8, 4) is 17.2 Å². The zero-order valence-electron chi connectivity index (χ0n) is 46.3. The molecule has 0 amide bonds. The molecule has 12 rings (SSSR count). The van der Waals surface area contributed by atoms with Crippen LogP contribution in [0.25, 0.3) is 33.5 Å². The van der Waals surface area contributed by atoms with Crippen molar-refractivity contribution in [2.24, 2.45) is 0 Å². The van der Waals surface area contributed by atoms with Gasteiger partial charge in [-0.3, -0.25) is 8.97 Å². The van der Waals surface area contributed by atoms with Gasteiger partial charge in [0, 0.05) is 37.9 Å². The smallest absolute Gasteiger partial charge is 0.220 e. The van der Waals surface area contributed by atoms with E-state index < -0.39 is 64.0 Å². The number of aromatic nitrogens is 7. The van der Waals surface area contributed by atoms with Crippen LogP contribution in [0.2, 0.25) is 25.9 Å². The molecule has 0 saturated carbocycles. The average molecular weight is 942 g/mol. The van der Waals surface area contributed by atoms with E-state index in [1.165, 1.54) is 24.3 Å². The van der Waals surface area contributed by atoms with E-state index in [9.17, 15) is 16.4 Å². The summed E-state index contributed by atoms with van der Waals surface area (Å²) in [5.41, 5.74) is 3.86. The molecule has 13 heteroatoms. The van der Waals surface area contributed by atoms with E-state index in [1.807, 2.05) is 127 Å². The zero-order chi connectivity index (χ0) is 54.0. The van der Waals surface area contributed by atoms with E-state index in [4.69, 9.17) is 9.72 Å². The Morgan fingerprint density at radius 1 is 0.554 bits per heavy atom. The topological polar surface area (TPSA) is 83.0 Å². The summed E-state index contributed by atoms with van der Waals surface area (Å²) in [6.07, 6.45) is 2.08. The molecule has 0 fully saturated rings. The summed E-state index contributed by atoms with van der Waals surface area (Å²) in [5.74, 6) is 0.495. The molecule has 7 aromatic carbocycles. The summed E-state index contributed by atoms with van der Waals surface area (Å²) in [4.78, 5) is 14.1. The molecule has 4 aromatic heterocycles. The van der Waals surface area contributed by atoms with Crippen LogP contribution in [0.15, 0.2) is 189 Å². The minimum absolute atomic E-state index is 0.0610. The van der Waals surface area contributed by atoms with Crippen molar-refractivity contribution in [1.82, 2.24) is 32.7 Å². The van der Waals surface area contributed by atoms with Crippen LogP contribution in [0.1, 0.15) is 27.6 Å². The molecule has 1 aliphatic heterocycles. The molecule has 0 saturated heterocycles. The molecule has 0 aliphatic carbocycles. The Hall–Kier alpha value is -6.62. The third-order valence-corrected chi connectivity index (χ3v) is 28.1. The van der Waals surface area contributed by atoms with Crippen LogP contribution in [-0.4, -0.2) is 56.9 Å². The van der Waals surface area contributed by atoms with Gasteiger partial charge in [-0.05, 0) is 86.3 Å². The average Bonchev–Trinajstić information content (AvgIpc) is 4.41. The fraction of sp³-hybridized carbons (Fsp3) is 0.0962. The first-order valence-electron chi connectivity index (χ1n) is 26.8. The number of benzene rings is 7. The lowest BCUT2D eigenvalue weighted by Crippen LogP contribution is -2.77. The van der Waals surface area contributed by atoms with Crippen molar-refractivity contribution in [2.45, 2.75) is 30.6 Å². The summed E-state index contributed by atoms with van der Waals surface area (Å²) < 4.78 is 135. The fourth-order valence-electron chi connectivity index (χ4n) is 10.3. The summed E-state index contributed by atoms with van der Waals surface area (Å²) in [5, 5.41) is 2.89. The molecular weight excluding hydrogens is 887 g/mol. The van der Waals surface area contributed by atoms with Gasteiger partial charge < -0.3 is 4.74 Å². The van der Waals surface area contributed by atoms with Gasteiger partial charge in [-0.1, -0.05) is 159 Å². The van der Waals surface area contributed by atoms with Crippen molar-refractivity contribution >= 4 is 105 Å². The molecule has 0 radical (unpaired) electrons. The van der Waals surface area contributed by atoms with Gasteiger partial charge in [0.2, 0.25) is 5.78 Å². The highest BCUT2D eigenvalue weighted by Crippen LogP contribution is 2.56. The Kier molecular flexibility index (Phi) is 6.68. The number of nitrogens with zero attached hydrogens (tertiary/aromatic N) is 7. The summed E-state index contributed by atoms with van der Waals surface area (Å²) >= 11 is 1.05. The second-order valence-electron chi connectivity index (χ2n) is 16.1. The Morgan fingerprint density at radius 3 is 1.78 bits per heavy atom. The van der Waals surface area contributed by atoms with E-state index in [0.717, 1.165) is 56.0 Å². The molecule has 316 valence electrons. The van der Waals surface area contributed by atoms with E-state index in [2.05, 4.69) is 39.8 Å². The van der Waals surface area contributed by atoms with E-state index in [1.54, 1.807) is 12.1 Å². The number of hydrogen-bond donors (Lipinski definition) is 0. The van der Waals surface area contributed by atoms with Crippen molar-refractivity contribution < 1.29 is 21.2 Å². The van der Waals surface area contributed by atoms with Gasteiger partial charge in [-0.15, -0.1) is 0 Å². The first kappa shape index (κ1) is 29.0. The maximum Gasteiger partial charge on any atom is 0.220 e. The Labute approximate surface area is 404 Å². The summed E-state index contributed by atoms with van der Waals surface area (Å²) in [6, 6.07) is 54.7. The third-order valence-electron chi connectivity index (χ3n) is 12.9. The second kappa shape index (κ2) is 15.0. The molecule has 11 aromatic rings. The van der Waals surface area contributed by atoms with Crippen LogP contribution in [0, 0.1) is 0 Å². The van der Waals surface area contributed by atoms with Gasteiger partial charge in [0.05, 0.1) is 31.3 Å². The molecule has 8 nitrogen and oxygen atoms in total. The van der Waals surface area contributed by atoms with Crippen LogP contribution in [-0.2, 0) is 4.66 Å². The second-order valence-corrected chi connectivity index (χ2v) is 28.1. The number of rotatable bonds is 9. The number of imidazole rings is 2. The molecule has 65 heavy (non-hydrogen) atoms. The van der Waals surface area contributed by atoms with Gasteiger partial charge in [0.15, 0.2) is 8.07 Å². The number of ether oxygens (including phenoxy) is 1. The number of fused-ring (bicyclic) bond motifs is 7.